The van der Waals surface area contributed by atoms with E-state index in [1.54, 1.807) is 24.3 Å². The predicted octanol–water partition coefficient (Wildman–Crippen LogP) is 23.3. The maximum atomic E-state index is 11.9. The molecule has 0 spiro atoms. The highest BCUT2D eigenvalue weighted by Crippen LogP contribution is 2.58. The van der Waals surface area contributed by atoms with Crippen LogP contribution in [0.15, 0.2) is 133 Å². The van der Waals surface area contributed by atoms with Crippen molar-refractivity contribution < 1.29 is 19.8 Å². The molecule has 2 aliphatic rings. The summed E-state index contributed by atoms with van der Waals surface area (Å²) in [6, 6.07) is 48.1. The van der Waals surface area contributed by atoms with Crippen LogP contribution >= 0.6 is 11.7 Å². The number of aromatic nitrogens is 2. The lowest BCUT2D eigenvalue weighted by Gasteiger charge is -2.33. The third-order valence-electron chi connectivity index (χ3n) is 19.5. The molecule has 2 N–H and O–H groups in total. The maximum absolute atomic E-state index is 11.9. The second-order valence-electron chi connectivity index (χ2n) is 25.2. The Balaban J connectivity index is 1.05. The average molecular weight is 1150 g/mol. The maximum Gasteiger partial charge on any atom is 0.335 e. The fourth-order valence-electron chi connectivity index (χ4n) is 14.8. The second-order valence-corrected chi connectivity index (χ2v) is 25.7. The van der Waals surface area contributed by atoms with Gasteiger partial charge in [0, 0.05) is 22.0 Å². The molecule has 0 aliphatic heterocycles. The van der Waals surface area contributed by atoms with Crippen molar-refractivity contribution in [2.75, 3.05) is 0 Å². The van der Waals surface area contributed by atoms with Crippen LogP contribution in [0.3, 0.4) is 0 Å². The van der Waals surface area contributed by atoms with E-state index in [1.165, 1.54) is 221 Å². The molecule has 444 valence electrons. The third kappa shape index (κ3) is 13.5. The highest BCUT2D eigenvalue weighted by Gasteiger charge is 2.44. The number of aromatic carboxylic acids is 2. The van der Waals surface area contributed by atoms with Crippen molar-refractivity contribution >= 4 is 34.7 Å². The largest absolute Gasteiger partial charge is 0.478 e. The predicted molar refractivity (Wildman–Crippen MR) is 357 cm³/mol. The lowest BCUT2D eigenvalue weighted by molar-refractivity contribution is 0.0686. The van der Waals surface area contributed by atoms with Crippen LogP contribution in [0.5, 0.6) is 0 Å². The van der Waals surface area contributed by atoms with Crippen LogP contribution in [0, 0.1) is 0 Å². The number of rotatable bonds is 34. The molecular formula is C78H92N2O4S. The number of nitrogens with zero attached hydrogens (tertiary/aromatic N) is 2. The number of hydrogen-bond acceptors (Lipinski definition) is 5. The Kier molecular flexibility index (Phi) is 21.0. The van der Waals surface area contributed by atoms with Gasteiger partial charge in [0.25, 0.3) is 0 Å². The average Bonchev–Trinajstić information content (AvgIpc) is 1.72. The number of unbranched alkanes of at least 4 members (excludes halogenated alkanes) is 20. The molecular weight excluding hydrogens is 1060 g/mol. The number of benzene rings is 7. The summed E-state index contributed by atoms with van der Waals surface area (Å²) >= 11 is 1.32. The van der Waals surface area contributed by atoms with Crippen LogP contribution in [-0.2, 0) is 10.8 Å². The van der Waals surface area contributed by atoms with E-state index in [-0.39, 0.29) is 10.8 Å². The second kappa shape index (κ2) is 29.1. The fourth-order valence-corrected chi connectivity index (χ4v) is 15.4. The van der Waals surface area contributed by atoms with Gasteiger partial charge in [-0.2, -0.15) is 8.75 Å². The number of hydrogen-bond donors (Lipinski definition) is 2. The molecule has 0 bridgehead atoms. The molecule has 2 aliphatic carbocycles. The van der Waals surface area contributed by atoms with E-state index < -0.39 is 11.9 Å². The van der Waals surface area contributed by atoms with Gasteiger partial charge in [-0.15, -0.1) is 0 Å². The zero-order valence-electron chi connectivity index (χ0n) is 51.5. The normalized spacial score (nSPS) is 13.5. The SMILES string of the molecule is CCCCCCCCC1(CCCCCCCC)c2cc(-c3ccc(C(=O)O)cc3)ccc2-c2ccc(-c3ccc(-c4ccc5c(c4)C(CCCCCCCC)(CCCCCCCC)c4cc(-c6ccc(C(=O)O)cc6)ccc4-5)c4nsnc34)cc21. The summed E-state index contributed by atoms with van der Waals surface area (Å²) in [5.41, 5.74) is 22.2. The molecule has 0 unspecified atom stereocenters. The van der Waals surface area contributed by atoms with Gasteiger partial charge in [-0.1, -0.05) is 267 Å². The van der Waals surface area contributed by atoms with E-state index in [0.29, 0.717) is 11.1 Å². The van der Waals surface area contributed by atoms with E-state index in [2.05, 4.69) is 113 Å². The minimum Gasteiger partial charge on any atom is -0.478 e. The van der Waals surface area contributed by atoms with Crippen LogP contribution in [0.1, 0.15) is 250 Å². The number of fused-ring (bicyclic) bond motifs is 7. The molecule has 0 saturated heterocycles. The molecule has 1 heterocycles. The summed E-state index contributed by atoms with van der Waals surface area (Å²) in [6.07, 6.45) is 34.3. The van der Waals surface area contributed by atoms with E-state index in [1.807, 2.05) is 24.3 Å². The summed E-state index contributed by atoms with van der Waals surface area (Å²) in [4.78, 5) is 23.8. The van der Waals surface area contributed by atoms with Gasteiger partial charge in [0.1, 0.15) is 11.0 Å². The van der Waals surface area contributed by atoms with Gasteiger partial charge in [-0.25, -0.2) is 9.59 Å². The van der Waals surface area contributed by atoms with Gasteiger partial charge in [0.2, 0.25) is 0 Å². The summed E-state index contributed by atoms with van der Waals surface area (Å²) in [7, 11) is 0. The quantitative estimate of drug-likeness (QED) is 0.0390. The van der Waals surface area contributed by atoms with Crippen LogP contribution in [-0.4, -0.2) is 30.9 Å². The topological polar surface area (TPSA) is 100 Å². The van der Waals surface area contributed by atoms with Gasteiger partial charge in [0.05, 0.1) is 22.9 Å². The molecule has 0 radical (unpaired) electrons. The Bertz CT molecular complexity index is 3270. The summed E-state index contributed by atoms with van der Waals surface area (Å²) < 4.78 is 10.3. The van der Waals surface area contributed by atoms with E-state index in [0.717, 1.165) is 70.1 Å². The van der Waals surface area contributed by atoms with Gasteiger partial charge in [0.15, 0.2) is 0 Å². The Morgan fingerprint density at radius 3 is 0.859 bits per heavy atom. The fraction of sp³-hybridized carbons (Fsp3) is 0.436. The van der Waals surface area contributed by atoms with Crippen molar-refractivity contribution in [3.63, 3.8) is 0 Å². The molecule has 7 heteroatoms. The Morgan fingerprint density at radius 2 is 0.565 bits per heavy atom. The lowest BCUT2D eigenvalue weighted by Crippen LogP contribution is -2.25. The van der Waals surface area contributed by atoms with E-state index in [9.17, 15) is 19.8 Å². The van der Waals surface area contributed by atoms with Crippen molar-refractivity contribution in [2.45, 2.75) is 218 Å². The van der Waals surface area contributed by atoms with Crippen molar-refractivity contribution in [2.24, 2.45) is 0 Å². The first-order valence-corrected chi connectivity index (χ1v) is 33.9. The molecule has 8 aromatic rings. The number of carbonyl (C=O) groups is 2. The minimum atomic E-state index is -0.904. The zero-order valence-corrected chi connectivity index (χ0v) is 52.3. The summed E-state index contributed by atoms with van der Waals surface area (Å²) in [5, 5.41) is 19.5. The molecule has 0 saturated carbocycles. The van der Waals surface area contributed by atoms with Crippen molar-refractivity contribution in [1.82, 2.24) is 8.75 Å². The van der Waals surface area contributed by atoms with Gasteiger partial charge in [-0.3, -0.25) is 0 Å². The molecule has 10 rings (SSSR count). The Hall–Kier alpha value is -6.70. The van der Waals surface area contributed by atoms with Crippen LogP contribution in [0.2, 0.25) is 0 Å². The highest BCUT2D eigenvalue weighted by atomic mass is 32.1. The first-order chi connectivity index (χ1) is 41.6. The van der Waals surface area contributed by atoms with Crippen molar-refractivity contribution in [1.29, 1.82) is 0 Å². The minimum absolute atomic E-state index is 0.169. The third-order valence-corrected chi connectivity index (χ3v) is 20.0. The molecule has 7 aromatic carbocycles. The van der Waals surface area contributed by atoms with Gasteiger partial charge < -0.3 is 10.2 Å². The molecule has 6 nitrogen and oxygen atoms in total. The Morgan fingerprint density at radius 1 is 0.318 bits per heavy atom. The highest BCUT2D eigenvalue weighted by molar-refractivity contribution is 7.00. The molecule has 0 atom stereocenters. The lowest BCUT2D eigenvalue weighted by atomic mass is 9.69. The number of carboxylic acids is 2. The monoisotopic (exact) mass is 1150 g/mol. The molecule has 0 amide bonds. The smallest absolute Gasteiger partial charge is 0.335 e. The first-order valence-electron chi connectivity index (χ1n) is 33.2. The van der Waals surface area contributed by atoms with Gasteiger partial charge >= 0.3 is 11.9 Å². The number of carboxylic acid groups (broad SMARTS) is 2. The Labute approximate surface area is 512 Å². The standard InChI is InChI=1S/C78H92N2O4S/c1-5-9-13-17-21-25-47-77(48-26-22-18-14-10-6-2)69-51-59(55-29-33-57(34-30-55)75(81)82)37-41-65(69)67-43-39-61(53-71(67)77)63-45-46-64(74-73(63)79-85-80-74)62-40-44-68-66-42-38-60(56-31-35-58(36-32-56)76(83)84)52-70(66)78(72(68)54-62,49-27-23-19-15-11-7-3)50-28-24-20-16-12-8-4/h29-46,51-54H,5-28,47-50H2,1-4H3,(H,81,82)(H,83,84). The van der Waals surface area contributed by atoms with E-state index >= 15 is 0 Å². The zero-order chi connectivity index (χ0) is 59.2. The summed E-state index contributed by atoms with van der Waals surface area (Å²) in [5.74, 6) is -1.81. The van der Waals surface area contributed by atoms with Crippen molar-refractivity contribution in [3.05, 3.63) is 167 Å². The molecule has 85 heavy (non-hydrogen) atoms. The van der Waals surface area contributed by atoms with Crippen LogP contribution < -0.4 is 0 Å². The van der Waals surface area contributed by atoms with Gasteiger partial charge in [-0.05, 0) is 152 Å². The molecule has 0 fully saturated rings. The first kappa shape index (κ1) is 61.4. The van der Waals surface area contributed by atoms with Crippen LogP contribution in [0.4, 0.5) is 0 Å². The van der Waals surface area contributed by atoms with E-state index in [4.69, 9.17) is 8.75 Å². The van der Waals surface area contributed by atoms with Crippen LogP contribution in [0.25, 0.3) is 77.8 Å². The van der Waals surface area contributed by atoms with Crippen molar-refractivity contribution in [3.8, 4) is 66.8 Å². The summed E-state index contributed by atoms with van der Waals surface area (Å²) in [6.45, 7) is 9.19. The molecule has 1 aromatic heterocycles.